The van der Waals surface area contributed by atoms with Gasteiger partial charge < -0.3 is 0 Å². The molecule has 2 fully saturated rings. The molecule has 0 spiro atoms. The van der Waals surface area contributed by atoms with E-state index in [1.807, 2.05) is 0 Å². The summed E-state index contributed by atoms with van der Waals surface area (Å²) in [6.07, 6.45) is 12.1. The number of hydrogen-bond donors (Lipinski definition) is 0. The van der Waals surface area contributed by atoms with Crippen molar-refractivity contribution < 1.29 is 0 Å². The summed E-state index contributed by atoms with van der Waals surface area (Å²) in [5, 5.41) is 0. The van der Waals surface area contributed by atoms with E-state index in [-0.39, 0.29) is 0 Å². The van der Waals surface area contributed by atoms with Gasteiger partial charge in [0.25, 0.3) is 0 Å². The van der Waals surface area contributed by atoms with Crippen molar-refractivity contribution in [3.05, 3.63) is 0 Å². The maximum Gasteiger partial charge on any atom is -0.0326 e. The van der Waals surface area contributed by atoms with Gasteiger partial charge in [-0.15, -0.1) is 0 Å². The number of fused-ring (bicyclic) bond motifs is 2. The monoisotopic (exact) mass is 180 g/mol. The van der Waals surface area contributed by atoms with Crippen LogP contribution in [0.3, 0.4) is 0 Å². The Kier molecular flexibility index (Phi) is 2.67. The van der Waals surface area contributed by atoms with E-state index in [1.54, 1.807) is 6.42 Å². The largest absolute Gasteiger partial charge is 0.0649 e. The van der Waals surface area contributed by atoms with Gasteiger partial charge in [-0.05, 0) is 42.9 Å². The minimum atomic E-state index is 0.698. The van der Waals surface area contributed by atoms with Crippen molar-refractivity contribution in [3.63, 3.8) is 0 Å². The highest BCUT2D eigenvalue weighted by atomic mass is 14.4. The van der Waals surface area contributed by atoms with Crippen LogP contribution in [0.4, 0.5) is 0 Å². The minimum Gasteiger partial charge on any atom is -0.0649 e. The van der Waals surface area contributed by atoms with Crippen molar-refractivity contribution in [1.29, 1.82) is 0 Å². The fourth-order valence-electron chi connectivity index (χ4n) is 3.52. The van der Waals surface area contributed by atoms with Gasteiger partial charge in [-0.2, -0.15) is 0 Å². The molecule has 13 heavy (non-hydrogen) atoms. The first-order valence-electron chi connectivity index (χ1n) is 6.22. The second-order valence-electron chi connectivity index (χ2n) is 5.81. The lowest BCUT2D eigenvalue weighted by Gasteiger charge is -2.30. The van der Waals surface area contributed by atoms with Crippen LogP contribution in [0.15, 0.2) is 0 Å². The van der Waals surface area contributed by atoms with Crippen molar-refractivity contribution in [3.8, 4) is 0 Å². The molecule has 0 N–H and O–H groups in total. The molecule has 2 rings (SSSR count). The smallest absolute Gasteiger partial charge is 0.0326 e. The topological polar surface area (TPSA) is 0 Å². The van der Waals surface area contributed by atoms with Gasteiger partial charge in [0.05, 0.1) is 0 Å². The van der Waals surface area contributed by atoms with Crippen molar-refractivity contribution in [2.75, 3.05) is 0 Å². The Bertz CT molecular complexity index is 173. The highest BCUT2D eigenvalue weighted by molar-refractivity contribution is 4.85. The summed E-state index contributed by atoms with van der Waals surface area (Å²) in [7, 11) is 0. The molecule has 3 atom stereocenters. The molecule has 2 aliphatic carbocycles. The lowest BCUT2D eigenvalue weighted by molar-refractivity contribution is 0.212. The van der Waals surface area contributed by atoms with E-state index < -0.39 is 0 Å². The molecule has 0 heteroatoms. The lowest BCUT2D eigenvalue weighted by atomic mass is 9.75. The van der Waals surface area contributed by atoms with Crippen LogP contribution in [0.25, 0.3) is 0 Å². The van der Waals surface area contributed by atoms with Crippen LogP contribution in [0, 0.1) is 17.3 Å². The molecule has 0 aromatic carbocycles. The quantitative estimate of drug-likeness (QED) is 0.561. The molecule has 0 heterocycles. The van der Waals surface area contributed by atoms with Gasteiger partial charge in [0.2, 0.25) is 0 Å². The Morgan fingerprint density at radius 1 is 1.15 bits per heavy atom. The van der Waals surface area contributed by atoms with Crippen LogP contribution < -0.4 is 0 Å². The van der Waals surface area contributed by atoms with Crippen LogP contribution in [-0.2, 0) is 0 Å². The summed E-state index contributed by atoms with van der Waals surface area (Å²) in [6, 6.07) is 0. The third-order valence-electron chi connectivity index (χ3n) is 4.68. The molecule has 76 valence electrons. The highest BCUT2D eigenvalue weighted by Gasteiger charge is 2.34. The molecule has 2 aliphatic rings. The summed E-state index contributed by atoms with van der Waals surface area (Å²) >= 11 is 0. The molecule has 0 aromatic heterocycles. The molecule has 0 amide bonds. The normalized spacial score (nSPS) is 45.7. The Hall–Kier alpha value is 0. The van der Waals surface area contributed by atoms with Gasteiger partial charge in [-0.1, -0.05) is 39.5 Å². The third-order valence-corrected chi connectivity index (χ3v) is 4.68. The van der Waals surface area contributed by atoms with E-state index in [1.165, 1.54) is 44.9 Å². The fraction of sp³-hybridized carbons (Fsp3) is 1.00. The van der Waals surface area contributed by atoms with Crippen LogP contribution in [0.2, 0.25) is 0 Å². The SMILES string of the molecule is CCC1(C)CCC2CCCC(C2)C1. The maximum absolute atomic E-state index is 2.52. The van der Waals surface area contributed by atoms with Crippen molar-refractivity contribution in [2.24, 2.45) is 17.3 Å². The van der Waals surface area contributed by atoms with E-state index in [0.29, 0.717) is 5.41 Å². The van der Waals surface area contributed by atoms with Gasteiger partial charge in [0.1, 0.15) is 0 Å². The molecular weight excluding hydrogens is 156 g/mol. The van der Waals surface area contributed by atoms with Gasteiger partial charge >= 0.3 is 0 Å². The van der Waals surface area contributed by atoms with E-state index >= 15 is 0 Å². The Labute approximate surface area is 83.1 Å². The van der Waals surface area contributed by atoms with Crippen molar-refractivity contribution in [1.82, 2.24) is 0 Å². The lowest BCUT2D eigenvalue weighted by Crippen LogP contribution is -2.18. The first-order chi connectivity index (χ1) is 6.22. The van der Waals surface area contributed by atoms with Crippen molar-refractivity contribution >= 4 is 0 Å². The summed E-state index contributed by atoms with van der Waals surface area (Å²) in [5.74, 6) is 2.19. The zero-order chi connectivity index (χ0) is 9.31. The first kappa shape index (κ1) is 9.55. The van der Waals surface area contributed by atoms with E-state index in [2.05, 4.69) is 13.8 Å². The molecule has 0 aromatic rings. The average molecular weight is 180 g/mol. The summed E-state index contributed by atoms with van der Waals surface area (Å²) in [5.41, 5.74) is 0.698. The van der Waals surface area contributed by atoms with Crippen LogP contribution in [0.5, 0.6) is 0 Å². The maximum atomic E-state index is 2.52. The van der Waals surface area contributed by atoms with Crippen molar-refractivity contribution in [2.45, 2.75) is 65.2 Å². The predicted molar refractivity (Wildman–Crippen MR) is 57.7 cm³/mol. The summed E-state index contributed by atoms with van der Waals surface area (Å²) in [4.78, 5) is 0. The summed E-state index contributed by atoms with van der Waals surface area (Å²) in [6.45, 7) is 4.91. The van der Waals surface area contributed by atoms with E-state index in [9.17, 15) is 0 Å². The molecule has 0 radical (unpaired) electrons. The number of hydrogen-bond acceptors (Lipinski definition) is 0. The molecule has 3 unspecified atom stereocenters. The van der Waals surface area contributed by atoms with Gasteiger partial charge in [0.15, 0.2) is 0 Å². The standard InChI is InChI=1S/C13H24/c1-3-13(2)8-7-11-5-4-6-12(9-11)10-13/h11-12H,3-10H2,1-2H3. The first-order valence-corrected chi connectivity index (χ1v) is 6.22. The Morgan fingerprint density at radius 2 is 1.92 bits per heavy atom. The molecule has 2 saturated carbocycles. The van der Waals surface area contributed by atoms with Gasteiger partial charge in [-0.3, -0.25) is 0 Å². The molecular formula is C13H24. The van der Waals surface area contributed by atoms with Crippen LogP contribution in [-0.4, -0.2) is 0 Å². The summed E-state index contributed by atoms with van der Waals surface area (Å²) < 4.78 is 0. The Balaban J connectivity index is 2.05. The molecule has 2 bridgehead atoms. The van der Waals surface area contributed by atoms with Crippen LogP contribution in [0.1, 0.15) is 65.2 Å². The van der Waals surface area contributed by atoms with E-state index in [4.69, 9.17) is 0 Å². The van der Waals surface area contributed by atoms with Gasteiger partial charge in [0, 0.05) is 0 Å². The Morgan fingerprint density at radius 3 is 2.69 bits per heavy atom. The predicted octanol–water partition coefficient (Wildman–Crippen LogP) is 4.39. The highest BCUT2D eigenvalue weighted by Crippen LogP contribution is 2.47. The molecule has 0 nitrogen and oxygen atoms in total. The average Bonchev–Trinajstić information content (AvgIpc) is 2.25. The molecule has 0 saturated heterocycles. The van der Waals surface area contributed by atoms with E-state index in [0.717, 1.165) is 11.8 Å². The minimum absolute atomic E-state index is 0.698. The second kappa shape index (κ2) is 3.63. The van der Waals surface area contributed by atoms with Crippen LogP contribution >= 0.6 is 0 Å². The second-order valence-corrected chi connectivity index (χ2v) is 5.81. The molecule has 0 aliphatic heterocycles. The number of rotatable bonds is 1. The zero-order valence-corrected chi connectivity index (χ0v) is 9.31. The zero-order valence-electron chi connectivity index (χ0n) is 9.31. The third kappa shape index (κ3) is 2.08. The fourth-order valence-corrected chi connectivity index (χ4v) is 3.52. The van der Waals surface area contributed by atoms with Gasteiger partial charge in [-0.25, -0.2) is 0 Å².